The number of hydrogen-bond donors (Lipinski definition) is 0. The number of benzene rings is 1. The van der Waals surface area contributed by atoms with Crippen LogP contribution in [0.15, 0.2) is 44.5 Å². The Morgan fingerprint density at radius 2 is 2.06 bits per heavy atom. The van der Waals surface area contributed by atoms with Gasteiger partial charge in [0.05, 0.1) is 10.1 Å². The molecule has 0 spiro atoms. The first-order valence-corrected chi connectivity index (χ1v) is 7.06. The van der Waals surface area contributed by atoms with Crippen LogP contribution in [0.1, 0.15) is 5.56 Å². The van der Waals surface area contributed by atoms with Gasteiger partial charge < -0.3 is 4.57 Å². The summed E-state index contributed by atoms with van der Waals surface area (Å²) in [6.07, 6.45) is 1.54. The van der Waals surface area contributed by atoms with Gasteiger partial charge in [0.1, 0.15) is 0 Å². The highest BCUT2D eigenvalue weighted by atomic mass is 127. The van der Waals surface area contributed by atoms with E-state index in [1.54, 1.807) is 13.2 Å². The van der Waals surface area contributed by atoms with Gasteiger partial charge in [0.2, 0.25) is 0 Å². The maximum absolute atomic E-state index is 12.0. The molecule has 2 rings (SSSR count). The summed E-state index contributed by atoms with van der Waals surface area (Å²) in [7, 11) is 1.64. The van der Waals surface area contributed by atoms with Crippen LogP contribution in [0.4, 0.5) is 0 Å². The van der Waals surface area contributed by atoms with Crippen molar-refractivity contribution in [3.05, 3.63) is 64.9 Å². The summed E-state index contributed by atoms with van der Waals surface area (Å²) in [5.74, 6) is 0. The monoisotopic (exact) mass is 420 g/mol. The Labute approximate surface area is 126 Å². The number of hydrogen-bond acceptors (Lipinski definition) is 2. The molecule has 0 saturated carbocycles. The lowest BCUT2D eigenvalue weighted by molar-refractivity contribution is 0.634. The van der Waals surface area contributed by atoms with Gasteiger partial charge in [-0.05, 0) is 40.3 Å². The molecule has 1 heterocycles. The van der Waals surface area contributed by atoms with Gasteiger partial charge in [-0.15, -0.1) is 0 Å². The second kappa shape index (κ2) is 5.40. The molecule has 6 heteroatoms. The first kappa shape index (κ1) is 13.5. The van der Waals surface area contributed by atoms with Crippen LogP contribution in [0, 0.1) is 3.57 Å². The van der Waals surface area contributed by atoms with Gasteiger partial charge in [-0.3, -0.25) is 9.36 Å². The molecular formula is C12H10BrIN2O2. The summed E-state index contributed by atoms with van der Waals surface area (Å²) in [4.78, 5) is 23.9. The molecule has 0 saturated heterocycles. The fourth-order valence-corrected chi connectivity index (χ4v) is 2.80. The van der Waals surface area contributed by atoms with Crippen molar-refractivity contribution in [1.82, 2.24) is 9.13 Å². The summed E-state index contributed by atoms with van der Waals surface area (Å²) in [6, 6.07) is 7.56. The van der Waals surface area contributed by atoms with Crippen LogP contribution in [-0.2, 0) is 13.6 Å². The highest BCUT2D eigenvalue weighted by Gasteiger charge is 2.08. The van der Waals surface area contributed by atoms with E-state index in [4.69, 9.17) is 0 Å². The third-order valence-electron chi connectivity index (χ3n) is 2.52. The molecule has 2 aromatic rings. The first-order chi connectivity index (χ1) is 8.49. The van der Waals surface area contributed by atoms with Gasteiger partial charge in [-0.1, -0.05) is 28.1 Å². The van der Waals surface area contributed by atoms with E-state index in [1.807, 2.05) is 46.9 Å². The standard InChI is InChI=1S/C12H10BrIN2O2/c1-15-7-10(14)11(17)16(12(15)18)6-8-3-2-4-9(13)5-8/h2-5,7H,6H2,1H3. The van der Waals surface area contributed by atoms with E-state index in [-0.39, 0.29) is 17.8 Å². The Morgan fingerprint density at radius 3 is 2.72 bits per heavy atom. The predicted octanol–water partition coefficient (Wildman–Crippen LogP) is 1.96. The summed E-state index contributed by atoms with van der Waals surface area (Å²) in [6.45, 7) is 0.280. The van der Waals surface area contributed by atoms with Crippen LogP contribution in [0.5, 0.6) is 0 Å². The minimum absolute atomic E-state index is 0.251. The van der Waals surface area contributed by atoms with Crippen LogP contribution in [-0.4, -0.2) is 9.13 Å². The lowest BCUT2D eigenvalue weighted by atomic mass is 10.2. The summed E-state index contributed by atoms with van der Waals surface area (Å²) < 4.78 is 4.12. The molecule has 94 valence electrons. The zero-order valence-corrected chi connectivity index (χ0v) is 13.3. The molecule has 0 aliphatic carbocycles. The van der Waals surface area contributed by atoms with Crippen molar-refractivity contribution in [2.24, 2.45) is 7.05 Å². The van der Waals surface area contributed by atoms with Gasteiger partial charge in [0, 0.05) is 17.7 Å². The van der Waals surface area contributed by atoms with Gasteiger partial charge in [-0.2, -0.15) is 0 Å². The zero-order chi connectivity index (χ0) is 13.3. The molecule has 1 aromatic carbocycles. The van der Waals surface area contributed by atoms with E-state index in [2.05, 4.69) is 15.9 Å². The summed E-state index contributed by atoms with van der Waals surface area (Å²) in [5.41, 5.74) is 0.352. The number of rotatable bonds is 2. The van der Waals surface area contributed by atoms with E-state index < -0.39 is 0 Å². The van der Waals surface area contributed by atoms with Crippen LogP contribution in [0.25, 0.3) is 0 Å². The molecule has 1 aromatic heterocycles. The van der Waals surface area contributed by atoms with Gasteiger partial charge in [-0.25, -0.2) is 4.79 Å². The Balaban J connectivity index is 2.53. The molecule has 18 heavy (non-hydrogen) atoms. The molecule has 0 bridgehead atoms. The quantitative estimate of drug-likeness (QED) is 0.697. The molecule has 4 nitrogen and oxygen atoms in total. The maximum Gasteiger partial charge on any atom is 0.331 e. The maximum atomic E-state index is 12.0. The summed E-state index contributed by atoms with van der Waals surface area (Å²) in [5, 5.41) is 0. The SMILES string of the molecule is Cn1cc(I)c(=O)n(Cc2cccc(Br)c2)c1=O. The lowest BCUT2D eigenvalue weighted by Crippen LogP contribution is -2.40. The highest BCUT2D eigenvalue weighted by Crippen LogP contribution is 2.11. The molecule has 0 radical (unpaired) electrons. The second-order valence-electron chi connectivity index (χ2n) is 3.89. The van der Waals surface area contributed by atoms with E-state index in [1.165, 1.54) is 9.13 Å². The Kier molecular flexibility index (Phi) is 4.06. The Hall–Kier alpha value is -0.890. The first-order valence-electron chi connectivity index (χ1n) is 5.19. The normalized spacial score (nSPS) is 10.6. The largest absolute Gasteiger partial charge is 0.331 e. The average Bonchev–Trinajstić information content (AvgIpc) is 2.32. The predicted molar refractivity (Wildman–Crippen MR) is 81.9 cm³/mol. The minimum atomic E-state index is -0.305. The third kappa shape index (κ3) is 2.74. The van der Waals surface area contributed by atoms with E-state index in [0.717, 1.165) is 10.0 Å². The fourth-order valence-electron chi connectivity index (χ4n) is 1.64. The highest BCUT2D eigenvalue weighted by molar-refractivity contribution is 14.1. The fraction of sp³-hybridized carbons (Fsp3) is 0.167. The molecule has 0 N–H and O–H groups in total. The lowest BCUT2D eigenvalue weighted by Gasteiger charge is -2.08. The molecule has 0 fully saturated rings. The molecule has 0 unspecified atom stereocenters. The van der Waals surface area contributed by atoms with Crippen molar-refractivity contribution < 1.29 is 0 Å². The topological polar surface area (TPSA) is 44.0 Å². The minimum Gasteiger partial charge on any atom is -0.302 e. The van der Waals surface area contributed by atoms with Crippen LogP contribution in [0.3, 0.4) is 0 Å². The van der Waals surface area contributed by atoms with Gasteiger partial charge >= 0.3 is 5.69 Å². The van der Waals surface area contributed by atoms with Crippen molar-refractivity contribution in [2.75, 3.05) is 0 Å². The summed E-state index contributed by atoms with van der Waals surface area (Å²) >= 11 is 5.31. The van der Waals surface area contributed by atoms with Crippen LogP contribution >= 0.6 is 38.5 Å². The van der Waals surface area contributed by atoms with Crippen molar-refractivity contribution in [1.29, 1.82) is 0 Å². The van der Waals surface area contributed by atoms with E-state index >= 15 is 0 Å². The van der Waals surface area contributed by atoms with E-state index in [9.17, 15) is 9.59 Å². The molecule has 0 atom stereocenters. The zero-order valence-electron chi connectivity index (χ0n) is 9.56. The van der Waals surface area contributed by atoms with E-state index in [0.29, 0.717) is 3.57 Å². The van der Waals surface area contributed by atoms with Crippen molar-refractivity contribution in [2.45, 2.75) is 6.54 Å². The Morgan fingerprint density at radius 1 is 1.33 bits per heavy atom. The van der Waals surface area contributed by atoms with Gasteiger partial charge in [0.15, 0.2) is 0 Å². The number of aromatic nitrogens is 2. The van der Waals surface area contributed by atoms with Crippen molar-refractivity contribution >= 4 is 38.5 Å². The van der Waals surface area contributed by atoms with Crippen LogP contribution < -0.4 is 11.2 Å². The molecular weight excluding hydrogens is 411 g/mol. The molecule has 0 amide bonds. The smallest absolute Gasteiger partial charge is 0.302 e. The van der Waals surface area contributed by atoms with Crippen molar-refractivity contribution in [3.8, 4) is 0 Å². The average molecular weight is 421 g/mol. The number of nitrogens with zero attached hydrogens (tertiary/aromatic N) is 2. The van der Waals surface area contributed by atoms with Crippen molar-refractivity contribution in [3.63, 3.8) is 0 Å². The number of aryl methyl sites for hydroxylation is 1. The second-order valence-corrected chi connectivity index (χ2v) is 5.97. The molecule has 0 aliphatic rings. The number of halogens is 2. The van der Waals surface area contributed by atoms with Gasteiger partial charge in [0.25, 0.3) is 5.56 Å². The Bertz CT molecular complexity index is 672. The molecule has 0 aliphatic heterocycles. The van der Waals surface area contributed by atoms with Crippen LogP contribution in [0.2, 0.25) is 0 Å². The third-order valence-corrected chi connectivity index (χ3v) is 3.75.